The van der Waals surface area contributed by atoms with Crippen LogP contribution in [0.15, 0.2) is 24.3 Å². The quantitative estimate of drug-likeness (QED) is 0.278. The molecule has 3 amide bonds. The van der Waals surface area contributed by atoms with Crippen LogP contribution >= 0.6 is 46.4 Å². The van der Waals surface area contributed by atoms with E-state index in [-0.39, 0.29) is 44.8 Å². The number of rotatable bonds is 7. The van der Waals surface area contributed by atoms with Gasteiger partial charge in [0.2, 0.25) is 0 Å². The van der Waals surface area contributed by atoms with Crippen LogP contribution in [-0.2, 0) is 14.3 Å². The highest BCUT2D eigenvalue weighted by Gasteiger charge is 2.19. The summed E-state index contributed by atoms with van der Waals surface area (Å²) in [6, 6.07) is 7.59. The van der Waals surface area contributed by atoms with Crippen molar-refractivity contribution in [1.82, 2.24) is 0 Å². The highest BCUT2D eigenvalue weighted by molar-refractivity contribution is 6.38. The monoisotopic (exact) mass is 650 g/mol. The topological polar surface area (TPSA) is 162 Å². The van der Waals surface area contributed by atoms with E-state index in [1.807, 2.05) is 6.07 Å². The molecule has 0 saturated heterocycles. The Morgan fingerprint density at radius 1 is 0.756 bits per heavy atom. The van der Waals surface area contributed by atoms with E-state index in [0.717, 1.165) is 0 Å². The van der Waals surface area contributed by atoms with Crippen molar-refractivity contribution in [1.29, 1.82) is 5.26 Å². The van der Waals surface area contributed by atoms with Gasteiger partial charge in [-0.15, -0.1) is 0 Å². The number of nitrogens with one attached hydrogen (secondary N) is 2. The number of benzene rings is 2. The molecule has 2 aromatic rings. The summed E-state index contributed by atoms with van der Waals surface area (Å²) in [5.74, 6) is -0.338. The first-order chi connectivity index (χ1) is 18.8. The van der Waals surface area contributed by atoms with Gasteiger partial charge in [-0.05, 0) is 65.8 Å². The van der Waals surface area contributed by atoms with Crippen LogP contribution in [0.4, 0.5) is 21.0 Å². The summed E-state index contributed by atoms with van der Waals surface area (Å²) >= 11 is 23.9. The minimum atomic E-state index is -0.655. The summed E-state index contributed by atoms with van der Waals surface area (Å²) in [7, 11) is 0. The third-order valence-electron chi connectivity index (χ3n) is 3.93. The van der Waals surface area contributed by atoms with Crippen LogP contribution in [0.25, 0.3) is 0 Å². The van der Waals surface area contributed by atoms with Gasteiger partial charge in [0.1, 0.15) is 17.3 Å². The number of halogens is 4. The maximum atomic E-state index is 11.6. The van der Waals surface area contributed by atoms with Crippen LogP contribution in [-0.4, -0.2) is 42.5 Å². The third kappa shape index (κ3) is 14.2. The molecule has 15 heteroatoms. The van der Waals surface area contributed by atoms with Crippen LogP contribution in [0.5, 0.6) is 11.5 Å². The lowest BCUT2D eigenvalue weighted by Crippen LogP contribution is -2.27. The first-order valence-electron chi connectivity index (χ1n) is 11.7. The van der Waals surface area contributed by atoms with Gasteiger partial charge in [-0.2, -0.15) is 5.26 Å². The summed E-state index contributed by atoms with van der Waals surface area (Å²) in [5.41, 5.74) is 4.46. The Labute approximate surface area is 258 Å². The number of nitrogens with zero attached hydrogens (tertiary/aromatic N) is 1. The lowest BCUT2D eigenvalue weighted by atomic mass is 10.2. The Kier molecular flexibility index (Phi) is 13.6. The summed E-state index contributed by atoms with van der Waals surface area (Å²) < 4.78 is 20.4. The summed E-state index contributed by atoms with van der Waals surface area (Å²) in [5, 5.41) is 14.1. The van der Waals surface area contributed by atoms with Gasteiger partial charge in [0, 0.05) is 11.4 Å². The van der Waals surface area contributed by atoms with Crippen molar-refractivity contribution >= 4 is 75.9 Å². The van der Waals surface area contributed by atoms with Crippen molar-refractivity contribution in [3.63, 3.8) is 0 Å². The lowest BCUT2D eigenvalue weighted by Gasteiger charge is -2.20. The Balaban J connectivity index is 0.000000410. The number of hydrogen-bond acceptors (Lipinski definition) is 8. The fraction of sp³-hybridized carbons (Fsp3) is 0.385. The fourth-order valence-corrected chi connectivity index (χ4v) is 3.82. The van der Waals surface area contributed by atoms with Crippen molar-refractivity contribution in [2.45, 2.75) is 52.7 Å². The number of ether oxygens (including phenoxy) is 4. The van der Waals surface area contributed by atoms with Crippen molar-refractivity contribution in [2.24, 2.45) is 5.73 Å². The molecule has 4 N–H and O–H groups in total. The first kappa shape index (κ1) is 35.7. The van der Waals surface area contributed by atoms with Crippen LogP contribution in [0, 0.1) is 11.3 Å². The molecule has 0 aromatic heterocycles. The molecule has 0 atom stereocenters. The zero-order valence-electron chi connectivity index (χ0n) is 23.1. The van der Waals surface area contributed by atoms with Gasteiger partial charge in [-0.3, -0.25) is 15.4 Å². The zero-order chi connectivity index (χ0) is 31.5. The molecule has 0 radical (unpaired) electrons. The highest BCUT2D eigenvalue weighted by atomic mass is 35.5. The van der Waals surface area contributed by atoms with Crippen LogP contribution in [0.1, 0.15) is 41.5 Å². The maximum absolute atomic E-state index is 11.6. The molecule has 0 saturated carbocycles. The van der Waals surface area contributed by atoms with Crippen LogP contribution in [0.2, 0.25) is 20.1 Å². The second kappa shape index (κ2) is 15.6. The molecule has 2 rings (SSSR count). The Morgan fingerprint density at radius 2 is 1.10 bits per heavy atom. The van der Waals surface area contributed by atoms with E-state index in [4.69, 9.17) is 76.3 Å². The molecule has 0 spiro atoms. The van der Waals surface area contributed by atoms with Gasteiger partial charge in [-0.1, -0.05) is 46.4 Å². The smallest absolute Gasteiger partial charge is 0.412 e. The molecule has 0 aliphatic heterocycles. The number of nitrogens with two attached hydrogens (primary N) is 1. The van der Waals surface area contributed by atoms with E-state index in [2.05, 4.69) is 10.6 Å². The molecule has 0 bridgehead atoms. The van der Waals surface area contributed by atoms with Gasteiger partial charge >= 0.3 is 12.2 Å². The summed E-state index contributed by atoms with van der Waals surface area (Å²) in [4.78, 5) is 33.9. The number of carbonyl (C=O) groups is 3. The molecule has 0 heterocycles. The van der Waals surface area contributed by atoms with Gasteiger partial charge in [0.25, 0.3) is 5.91 Å². The average molecular weight is 652 g/mol. The average Bonchev–Trinajstić information content (AvgIpc) is 2.75. The number of anilines is 2. The van der Waals surface area contributed by atoms with Gasteiger partial charge in [-0.25, -0.2) is 9.59 Å². The molecule has 2 aromatic carbocycles. The lowest BCUT2D eigenvalue weighted by molar-refractivity contribution is -0.119. The minimum absolute atomic E-state index is 0.117. The molecular formula is C26H30Cl4N4O7. The molecule has 0 unspecified atom stereocenters. The number of nitriles is 1. The van der Waals surface area contributed by atoms with E-state index >= 15 is 0 Å². The molecule has 41 heavy (non-hydrogen) atoms. The first-order valence-corrected chi connectivity index (χ1v) is 13.2. The number of primary amides is 1. The Bertz CT molecular complexity index is 1260. The van der Waals surface area contributed by atoms with Gasteiger partial charge in [0.05, 0.1) is 20.1 Å². The van der Waals surface area contributed by atoms with E-state index < -0.39 is 29.3 Å². The van der Waals surface area contributed by atoms with Crippen molar-refractivity contribution in [3.8, 4) is 17.6 Å². The zero-order valence-corrected chi connectivity index (χ0v) is 26.1. The van der Waals surface area contributed by atoms with Crippen LogP contribution in [0.3, 0.4) is 0 Å². The molecule has 0 fully saturated rings. The molecule has 11 nitrogen and oxygen atoms in total. The maximum Gasteiger partial charge on any atom is 0.412 e. The molecule has 0 aliphatic carbocycles. The molecule has 0 aliphatic rings. The van der Waals surface area contributed by atoms with Crippen LogP contribution < -0.4 is 25.8 Å². The number of hydrogen-bond donors (Lipinski definition) is 3. The molecular weight excluding hydrogens is 622 g/mol. The SMILES string of the molecule is CC(C)(C)OC(=O)Nc1cc(Cl)c(OCC#N)c(Cl)c1.CC(C)(C)OC(=O)Nc1cc(Cl)c(OCC(N)=O)c(Cl)c1. The normalized spacial score (nSPS) is 10.8. The predicted octanol–water partition coefficient (Wildman–Crippen LogP) is 7.45. The van der Waals surface area contributed by atoms with E-state index in [1.54, 1.807) is 41.5 Å². The van der Waals surface area contributed by atoms with E-state index in [0.29, 0.717) is 11.4 Å². The fourth-order valence-electron chi connectivity index (χ4n) is 2.63. The van der Waals surface area contributed by atoms with Gasteiger partial charge in [0.15, 0.2) is 24.7 Å². The third-order valence-corrected chi connectivity index (χ3v) is 5.05. The predicted molar refractivity (Wildman–Crippen MR) is 158 cm³/mol. The standard InChI is InChI=1S/C13H16Cl2N2O4.C13H14Cl2N2O3/c1-13(2,3)21-12(19)17-7-4-8(14)11(9(15)5-7)20-6-10(16)18;1-13(2,3)20-12(18)17-8-6-9(14)11(10(15)7-8)19-5-4-16/h4-5H,6H2,1-3H3,(H2,16,18)(H,17,19);6-7H,5H2,1-3H3,(H,17,18). The Hall–Kier alpha value is -3.30. The summed E-state index contributed by atoms with van der Waals surface area (Å²) in [6.07, 6.45) is -1.25. The van der Waals surface area contributed by atoms with Crippen molar-refractivity contribution in [3.05, 3.63) is 44.4 Å². The largest absolute Gasteiger partial charge is 0.481 e. The number of carbonyl (C=O) groups excluding carboxylic acids is 3. The second-order valence-corrected chi connectivity index (χ2v) is 11.6. The molecule has 224 valence electrons. The second-order valence-electron chi connectivity index (χ2n) is 9.99. The van der Waals surface area contributed by atoms with E-state index in [1.165, 1.54) is 24.3 Å². The number of amides is 3. The minimum Gasteiger partial charge on any atom is -0.481 e. The van der Waals surface area contributed by atoms with Crippen molar-refractivity contribution in [2.75, 3.05) is 23.8 Å². The summed E-state index contributed by atoms with van der Waals surface area (Å²) in [6.45, 7) is 9.98. The van der Waals surface area contributed by atoms with Crippen molar-refractivity contribution < 1.29 is 33.3 Å². The van der Waals surface area contributed by atoms with Gasteiger partial charge < -0.3 is 24.7 Å². The highest BCUT2D eigenvalue weighted by Crippen LogP contribution is 2.37. The Morgan fingerprint density at radius 3 is 1.39 bits per heavy atom. The van der Waals surface area contributed by atoms with E-state index in [9.17, 15) is 14.4 Å².